The summed E-state index contributed by atoms with van der Waals surface area (Å²) in [6, 6.07) is 6.94. The van der Waals surface area contributed by atoms with E-state index in [1.54, 1.807) is 18.2 Å². The topological polar surface area (TPSA) is 49.3 Å². The number of terminal acetylenes is 1. The van der Waals surface area contributed by atoms with Crippen LogP contribution in [0.25, 0.3) is 0 Å². The van der Waals surface area contributed by atoms with Crippen LogP contribution in [-0.4, -0.2) is 17.6 Å². The molecule has 0 saturated carbocycles. The Morgan fingerprint density at radius 1 is 1.47 bits per heavy atom. The van der Waals surface area contributed by atoms with E-state index in [2.05, 4.69) is 11.2 Å². The van der Waals surface area contributed by atoms with Crippen LogP contribution in [0.5, 0.6) is 0 Å². The lowest BCUT2D eigenvalue weighted by molar-refractivity contribution is 0.0695. The van der Waals surface area contributed by atoms with Crippen molar-refractivity contribution in [3.05, 3.63) is 35.4 Å². The van der Waals surface area contributed by atoms with E-state index in [1.165, 1.54) is 0 Å². The highest BCUT2D eigenvalue weighted by Gasteiger charge is 2.07. The number of hydrogen-bond acceptors (Lipinski definition) is 2. The first-order valence-electron chi connectivity index (χ1n) is 4.71. The van der Waals surface area contributed by atoms with E-state index in [-0.39, 0.29) is 0 Å². The van der Waals surface area contributed by atoms with Crippen LogP contribution in [0.1, 0.15) is 22.3 Å². The largest absolute Gasteiger partial charge is 0.478 e. The summed E-state index contributed by atoms with van der Waals surface area (Å²) < 4.78 is 0. The van der Waals surface area contributed by atoms with Gasteiger partial charge in [-0.3, -0.25) is 0 Å². The zero-order chi connectivity index (χ0) is 11.1. The minimum Gasteiger partial charge on any atom is -0.478 e. The summed E-state index contributed by atoms with van der Waals surface area (Å²) in [7, 11) is 0. The van der Waals surface area contributed by atoms with Crippen molar-refractivity contribution in [1.82, 2.24) is 5.32 Å². The van der Waals surface area contributed by atoms with Crippen molar-refractivity contribution in [1.29, 1.82) is 0 Å². The third kappa shape index (κ3) is 3.45. The molecular formula is C12H13NO2. The predicted molar refractivity (Wildman–Crippen MR) is 58.6 cm³/mol. The van der Waals surface area contributed by atoms with Gasteiger partial charge in [0.2, 0.25) is 0 Å². The number of aromatic carboxylic acids is 1. The van der Waals surface area contributed by atoms with Gasteiger partial charge in [-0.15, -0.1) is 12.3 Å². The number of carboxylic acid groups (broad SMARTS) is 1. The highest BCUT2D eigenvalue weighted by atomic mass is 16.4. The van der Waals surface area contributed by atoms with E-state index < -0.39 is 5.97 Å². The zero-order valence-corrected chi connectivity index (χ0v) is 8.36. The second-order valence-corrected chi connectivity index (χ2v) is 3.09. The number of carboxylic acids is 1. The number of hydrogen-bond donors (Lipinski definition) is 2. The van der Waals surface area contributed by atoms with Crippen molar-refractivity contribution < 1.29 is 9.90 Å². The quantitative estimate of drug-likeness (QED) is 0.563. The molecule has 0 heterocycles. The van der Waals surface area contributed by atoms with Crippen molar-refractivity contribution in [2.75, 3.05) is 6.54 Å². The van der Waals surface area contributed by atoms with Crippen LogP contribution in [0, 0.1) is 12.3 Å². The molecule has 78 valence electrons. The minimum atomic E-state index is -0.899. The Morgan fingerprint density at radius 3 is 2.87 bits per heavy atom. The van der Waals surface area contributed by atoms with Gasteiger partial charge in [-0.25, -0.2) is 4.79 Å². The zero-order valence-electron chi connectivity index (χ0n) is 8.36. The molecule has 0 bridgehead atoms. The maximum atomic E-state index is 10.9. The lowest BCUT2D eigenvalue weighted by atomic mass is 10.1. The summed E-state index contributed by atoms with van der Waals surface area (Å²) in [5.74, 6) is 1.61. The molecule has 0 amide bonds. The Kier molecular flexibility index (Phi) is 4.39. The van der Waals surface area contributed by atoms with Gasteiger partial charge >= 0.3 is 5.97 Å². The minimum absolute atomic E-state index is 0.339. The fraction of sp³-hybridized carbons (Fsp3) is 0.250. The van der Waals surface area contributed by atoms with Crippen LogP contribution in [0.2, 0.25) is 0 Å². The average Bonchev–Trinajstić information content (AvgIpc) is 2.25. The molecular weight excluding hydrogens is 190 g/mol. The lowest BCUT2D eigenvalue weighted by Gasteiger charge is -2.06. The van der Waals surface area contributed by atoms with Gasteiger partial charge in [0, 0.05) is 19.5 Å². The Hall–Kier alpha value is -1.79. The SMILES string of the molecule is C#CCCNCc1ccccc1C(=O)O. The van der Waals surface area contributed by atoms with Crippen molar-refractivity contribution in [2.45, 2.75) is 13.0 Å². The van der Waals surface area contributed by atoms with Gasteiger partial charge in [-0.1, -0.05) is 18.2 Å². The molecule has 0 spiro atoms. The van der Waals surface area contributed by atoms with Gasteiger partial charge < -0.3 is 10.4 Å². The molecule has 0 aliphatic rings. The molecule has 0 aliphatic heterocycles. The molecule has 0 aromatic heterocycles. The summed E-state index contributed by atoms with van der Waals surface area (Å²) in [4.78, 5) is 10.9. The highest BCUT2D eigenvalue weighted by molar-refractivity contribution is 5.89. The molecule has 1 aromatic carbocycles. The van der Waals surface area contributed by atoms with Gasteiger partial charge in [0.1, 0.15) is 0 Å². The van der Waals surface area contributed by atoms with Crippen molar-refractivity contribution >= 4 is 5.97 Å². The molecule has 1 rings (SSSR count). The standard InChI is InChI=1S/C12H13NO2/c1-2-3-8-13-9-10-6-4-5-7-11(10)12(14)15/h1,4-7,13H,3,8-9H2,(H,14,15). The Balaban J connectivity index is 2.60. The smallest absolute Gasteiger partial charge is 0.336 e. The summed E-state index contributed by atoms with van der Waals surface area (Å²) in [5.41, 5.74) is 1.12. The second kappa shape index (κ2) is 5.84. The Morgan fingerprint density at radius 2 is 2.20 bits per heavy atom. The van der Waals surface area contributed by atoms with E-state index in [1.807, 2.05) is 6.07 Å². The third-order valence-corrected chi connectivity index (χ3v) is 2.01. The summed E-state index contributed by atoms with van der Waals surface area (Å²) in [5, 5.41) is 12.0. The monoisotopic (exact) mass is 203 g/mol. The Bertz CT molecular complexity index is 379. The maximum absolute atomic E-state index is 10.9. The van der Waals surface area contributed by atoms with Gasteiger partial charge in [-0.2, -0.15) is 0 Å². The number of rotatable bonds is 5. The third-order valence-electron chi connectivity index (χ3n) is 2.01. The summed E-state index contributed by atoms with van der Waals surface area (Å²) in [6.45, 7) is 1.23. The van der Waals surface area contributed by atoms with E-state index in [4.69, 9.17) is 11.5 Å². The molecule has 0 unspecified atom stereocenters. The van der Waals surface area contributed by atoms with Gasteiger partial charge in [0.25, 0.3) is 0 Å². The molecule has 2 N–H and O–H groups in total. The molecule has 0 radical (unpaired) electrons. The Labute approximate surface area is 89.1 Å². The summed E-state index contributed by atoms with van der Waals surface area (Å²) >= 11 is 0. The number of benzene rings is 1. The van der Waals surface area contributed by atoms with Crippen LogP contribution >= 0.6 is 0 Å². The van der Waals surface area contributed by atoms with Crippen molar-refractivity contribution in [2.24, 2.45) is 0 Å². The molecule has 0 atom stereocenters. The van der Waals surface area contributed by atoms with E-state index in [0.717, 1.165) is 5.56 Å². The van der Waals surface area contributed by atoms with Crippen molar-refractivity contribution in [3.8, 4) is 12.3 Å². The van der Waals surface area contributed by atoms with E-state index >= 15 is 0 Å². The van der Waals surface area contributed by atoms with Crippen molar-refractivity contribution in [3.63, 3.8) is 0 Å². The second-order valence-electron chi connectivity index (χ2n) is 3.09. The van der Waals surface area contributed by atoms with Crippen LogP contribution in [0.3, 0.4) is 0 Å². The van der Waals surface area contributed by atoms with Crippen LogP contribution in [-0.2, 0) is 6.54 Å². The van der Waals surface area contributed by atoms with E-state index in [0.29, 0.717) is 25.1 Å². The number of nitrogens with one attached hydrogen (secondary N) is 1. The predicted octanol–water partition coefficient (Wildman–Crippen LogP) is 1.50. The van der Waals surface area contributed by atoms with Gasteiger partial charge in [0.05, 0.1) is 5.56 Å². The molecule has 1 aromatic rings. The maximum Gasteiger partial charge on any atom is 0.336 e. The first-order valence-corrected chi connectivity index (χ1v) is 4.71. The fourth-order valence-electron chi connectivity index (χ4n) is 1.27. The van der Waals surface area contributed by atoms with Crippen LogP contribution in [0.15, 0.2) is 24.3 Å². The van der Waals surface area contributed by atoms with Gasteiger partial charge in [0.15, 0.2) is 0 Å². The first kappa shape index (κ1) is 11.3. The molecule has 15 heavy (non-hydrogen) atoms. The summed E-state index contributed by atoms with van der Waals surface area (Å²) in [6.07, 6.45) is 5.75. The highest BCUT2D eigenvalue weighted by Crippen LogP contribution is 2.08. The van der Waals surface area contributed by atoms with E-state index in [9.17, 15) is 4.79 Å². The lowest BCUT2D eigenvalue weighted by Crippen LogP contribution is -2.16. The molecule has 3 heteroatoms. The number of carbonyl (C=O) groups is 1. The van der Waals surface area contributed by atoms with Crippen LogP contribution in [0.4, 0.5) is 0 Å². The fourth-order valence-corrected chi connectivity index (χ4v) is 1.27. The normalized spacial score (nSPS) is 9.53. The molecule has 3 nitrogen and oxygen atoms in total. The van der Waals surface area contributed by atoms with Gasteiger partial charge in [-0.05, 0) is 11.6 Å². The molecule has 0 fully saturated rings. The first-order chi connectivity index (χ1) is 7.25. The molecule has 0 aliphatic carbocycles. The molecule has 0 saturated heterocycles. The average molecular weight is 203 g/mol. The van der Waals surface area contributed by atoms with Crippen LogP contribution < -0.4 is 5.32 Å².